The van der Waals surface area contributed by atoms with E-state index < -0.39 is 10.9 Å². The van der Waals surface area contributed by atoms with Crippen LogP contribution in [-0.2, 0) is 16.1 Å². The highest BCUT2D eigenvalue weighted by molar-refractivity contribution is 7.09. The average molecular weight is 417 g/mol. The monoisotopic (exact) mass is 417 g/mol. The van der Waals surface area contributed by atoms with Gasteiger partial charge < -0.3 is 9.64 Å². The molecular formula is C20H23N3O5S. The normalized spacial score (nSPS) is 11.0. The Labute approximate surface area is 173 Å². The average Bonchev–Trinajstić information content (AvgIpc) is 3.17. The molecule has 0 spiro atoms. The van der Waals surface area contributed by atoms with E-state index in [0.29, 0.717) is 23.0 Å². The van der Waals surface area contributed by atoms with E-state index in [1.807, 2.05) is 0 Å². The van der Waals surface area contributed by atoms with Gasteiger partial charge in [-0.1, -0.05) is 13.8 Å². The van der Waals surface area contributed by atoms with Crippen molar-refractivity contribution in [2.24, 2.45) is 5.92 Å². The smallest absolute Gasteiger partial charge is 0.357 e. The topological polar surface area (TPSA) is 103 Å². The number of benzene rings is 1. The van der Waals surface area contributed by atoms with Gasteiger partial charge in [-0.25, -0.2) is 9.78 Å². The van der Waals surface area contributed by atoms with Gasteiger partial charge in [-0.3, -0.25) is 14.9 Å². The zero-order valence-corrected chi connectivity index (χ0v) is 17.3. The zero-order valence-electron chi connectivity index (χ0n) is 16.5. The van der Waals surface area contributed by atoms with Crippen LogP contribution in [-0.4, -0.2) is 40.3 Å². The first-order valence-electron chi connectivity index (χ1n) is 9.04. The number of rotatable bonds is 9. The number of ether oxygens (including phenoxy) is 1. The second-order valence-electron chi connectivity index (χ2n) is 6.74. The van der Waals surface area contributed by atoms with Crippen molar-refractivity contribution in [3.63, 3.8) is 0 Å². The van der Waals surface area contributed by atoms with Crippen molar-refractivity contribution in [1.29, 1.82) is 0 Å². The summed E-state index contributed by atoms with van der Waals surface area (Å²) in [6, 6.07) is 5.96. The molecule has 0 aliphatic heterocycles. The van der Waals surface area contributed by atoms with Crippen molar-refractivity contribution in [2.75, 3.05) is 13.7 Å². The summed E-state index contributed by atoms with van der Waals surface area (Å²) in [6.45, 7) is 4.99. The lowest BCUT2D eigenvalue weighted by Crippen LogP contribution is -2.30. The van der Waals surface area contributed by atoms with Crippen LogP contribution < -0.4 is 0 Å². The maximum absolute atomic E-state index is 12.7. The molecule has 9 heteroatoms. The molecule has 0 aliphatic rings. The fraction of sp³-hybridized carbons (Fsp3) is 0.350. The lowest BCUT2D eigenvalue weighted by Gasteiger charge is -2.21. The van der Waals surface area contributed by atoms with Gasteiger partial charge in [-0.05, 0) is 36.1 Å². The van der Waals surface area contributed by atoms with E-state index in [-0.39, 0.29) is 23.8 Å². The van der Waals surface area contributed by atoms with Gasteiger partial charge in [-0.15, -0.1) is 11.3 Å². The fourth-order valence-electron chi connectivity index (χ4n) is 2.41. The first-order valence-corrected chi connectivity index (χ1v) is 9.92. The number of thiazole rings is 1. The summed E-state index contributed by atoms with van der Waals surface area (Å²) >= 11 is 1.30. The molecular weight excluding hydrogens is 394 g/mol. The van der Waals surface area contributed by atoms with Gasteiger partial charge in [0.15, 0.2) is 5.69 Å². The van der Waals surface area contributed by atoms with Gasteiger partial charge >= 0.3 is 5.97 Å². The summed E-state index contributed by atoms with van der Waals surface area (Å²) in [7, 11) is 1.29. The van der Waals surface area contributed by atoms with E-state index in [1.54, 1.807) is 28.5 Å². The molecule has 0 N–H and O–H groups in total. The molecule has 1 heterocycles. The number of methoxy groups -OCH3 is 1. The lowest BCUT2D eigenvalue weighted by molar-refractivity contribution is -0.384. The molecule has 1 aromatic heterocycles. The lowest BCUT2D eigenvalue weighted by atomic mass is 10.1. The van der Waals surface area contributed by atoms with Crippen molar-refractivity contribution < 1.29 is 19.2 Å². The Balaban J connectivity index is 2.10. The third-order valence-corrected chi connectivity index (χ3v) is 4.92. The third-order valence-electron chi connectivity index (χ3n) is 4.08. The van der Waals surface area contributed by atoms with Gasteiger partial charge in [0.1, 0.15) is 5.01 Å². The number of nitrogens with zero attached hydrogens (tertiary/aromatic N) is 3. The maximum atomic E-state index is 12.7. The molecule has 0 fully saturated rings. The van der Waals surface area contributed by atoms with Crippen LogP contribution in [0.5, 0.6) is 0 Å². The van der Waals surface area contributed by atoms with Gasteiger partial charge in [0.25, 0.3) is 5.69 Å². The minimum Gasteiger partial charge on any atom is -0.464 e. The van der Waals surface area contributed by atoms with E-state index in [2.05, 4.69) is 23.6 Å². The van der Waals surface area contributed by atoms with E-state index in [9.17, 15) is 19.7 Å². The SMILES string of the molecule is COC(=O)c1csc(CN(CCC(C)C)C(=O)/C=C/c2ccc([N+](=O)[O-])cc2)n1. The van der Waals surface area contributed by atoms with Crippen LogP contribution in [0.15, 0.2) is 35.7 Å². The van der Waals surface area contributed by atoms with Crippen molar-refractivity contribution in [1.82, 2.24) is 9.88 Å². The van der Waals surface area contributed by atoms with Gasteiger partial charge in [0.05, 0.1) is 18.6 Å². The first-order chi connectivity index (χ1) is 13.8. The van der Waals surface area contributed by atoms with Crippen LogP contribution in [0, 0.1) is 16.0 Å². The highest BCUT2D eigenvalue weighted by atomic mass is 32.1. The minimum absolute atomic E-state index is 0.00258. The first kappa shape index (κ1) is 22.2. The third kappa shape index (κ3) is 6.79. The highest BCUT2D eigenvalue weighted by Gasteiger charge is 2.16. The van der Waals surface area contributed by atoms with E-state index in [1.165, 1.54) is 36.7 Å². The Morgan fingerprint density at radius 2 is 2.00 bits per heavy atom. The Morgan fingerprint density at radius 3 is 2.59 bits per heavy atom. The number of nitro benzene ring substituents is 1. The van der Waals surface area contributed by atoms with Crippen LogP contribution in [0.2, 0.25) is 0 Å². The van der Waals surface area contributed by atoms with Crippen molar-refractivity contribution >= 4 is 35.0 Å². The number of hydrogen-bond donors (Lipinski definition) is 0. The number of carbonyl (C=O) groups excluding carboxylic acids is 2. The summed E-state index contributed by atoms with van der Waals surface area (Å²) < 4.78 is 4.66. The molecule has 2 aromatic rings. The quantitative estimate of drug-likeness (QED) is 0.265. The largest absolute Gasteiger partial charge is 0.464 e. The molecule has 0 radical (unpaired) electrons. The van der Waals surface area contributed by atoms with Crippen molar-refractivity contribution in [3.8, 4) is 0 Å². The second kappa shape index (κ2) is 10.5. The van der Waals surface area contributed by atoms with E-state index in [4.69, 9.17) is 0 Å². The van der Waals surface area contributed by atoms with Crippen LogP contribution in [0.25, 0.3) is 6.08 Å². The van der Waals surface area contributed by atoms with E-state index in [0.717, 1.165) is 6.42 Å². The molecule has 0 saturated heterocycles. The standard InChI is InChI=1S/C20H23N3O5S/c1-14(2)10-11-22(12-18-21-17(13-29-18)20(25)28-3)19(24)9-6-15-4-7-16(8-5-15)23(26)27/h4-9,13-14H,10-12H2,1-3H3/b9-6+. The number of carbonyl (C=O) groups is 2. The molecule has 0 aliphatic carbocycles. The number of nitro groups is 1. The zero-order chi connectivity index (χ0) is 21.4. The molecule has 154 valence electrons. The van der Waals surface area contributed by atoms with Crippen LogP contribution in [0.3, 0.4) is 0 Å². The number of non-ortho nitro benzene ring substituents is 1. The second-order valence-corrected chi connectivity index (χ2v) is 7.69. The molecule has 0 bridgehead atoms. The maximum Gasteiger partial charge on any atom is 0.357 e. The molecule has 8 nitrogen and oxygen atoms in total. The van der Waals surface area contributed by atoms with Gasteiger partial charge in [-0.2, -0.15) is 0 Å². The minimum atomic E-state index is -0.509. The number of aromatic nitrogens is 1. The van der Waals surface area contributed by atoms with Crippen molar-refractivity contribution in [3.05, 3.63) is 62.1 Å². The number of esters is 1. The predicted octanol–water partition coefficient (Wildman–Crippen LogP) is 3.93. The van der Waals surface area contributed by atoms with Gasteiger partial charge in [0, 0.05) is 30.1 Å². The van der Waals surface area contributed by atoms with Crippen LogP contribution in [0.1, 0.15) is 41.3 Å². The molecule has 1 amide bonds. The van der Waals surface area contributed by atoms with Gasteiger partial charge in [0.2, 0.25) is 5.91 Å². The summed E-state index contributed by atoms with van der Waals surface area (Å²) in [4.78, 5) is 40.5. The summed E-state index contributed by atoms with van der Waals surface area (Å²) in [6.07, 6.45) is 3.89. The number of amides is 1. The number of hydrogen-bond acceptors (Lipinski definition) is 7. The summed E-state index contributed by atoms with van der Waals surface area (Å²) in [5.41, 5.74) is 0.914. The fourth-order valence-corrected chi connectivity index (χ4v) is 3.18. The molecule has 0 unspecified atom stereocenters. The molecule has 29 heavy (non-hydrogen) atoms. The van der Waals surface area contributed by atoms with Crippen LogP contribution >= 0.6 is 11.3 Å². The molecule has 0 atom stereocenters. The Kier molecular flexibility index (Phi) is 8.02. The summed E-state index contributed by atoms with van der Waals surface area (Å²) in [5.74, 6) is -0.282. The van der Waals surface area contributed by atoms with E-state index >= 15 is 0 Å². The Hall–Kier alpha value is -3.07. The van der Waals surface area contributed by atoms with Crippen molar-refractivity contribution in [2.45, 2.75) is 26.8 Å². The molecule has 2 rings (SSSR count). The molecule has 1 aromatic carbocycles. The Morgan fingerprint density at radius 1 is 1.31 bits per heavy atom. The highest BCUT2D eigenvalue weighted by Crippen LogP contribution is 2.16. The molecule has 0 saturated carbocycles. The Bertz CT molecular complexity index is 890. The predicted molar refractivity (Wildman–Crippen MR) is 110 cm³/mol. The van der Waals surface area contributed by atoms with Crippen LogP contribution in [0.4, 0.5) is 5.69 Å². The summed E-state index contributed by atoms with van der Waals surface area (Å²) in [5, 5.41) is 13.0.